The molecule has 0 atom stereocenters. The monoisotopic (exact) mass is 353 g/mol. The Bertz CT molecular complexity index is 890. The van der Waals surface area contributed by atoms with Gasteiger partial charge < -0.3 is 10.1 Å². The molecular weight excluding hydrogens is 344 g/mol. The number of carbonyl (C=O) groups excluding carboxylic acids is 1. The number of methoxy groups -OCH3 is 1. The molecule has 7 heteroatoms. The van der Waals surface area contributed by atoms with E-state index in [1.165, 1.54) is 18.4 Å². The normalized spacial score (nSPS) is 10.8. The van der Waals surface area contributed by atoms with Crippen LogP contribution in [0.1, 0.15) is 9.67 Å². The van der Waals surface area contributed by atoms with Gasteiger partial charge in [0.25, 0.3) is 5.91 Å². The molecule has 3 aromatic rings. The Labute approximate surface area is 139 Å². The van der Waals surface area contributed by atoms with Crippen LogP contribution in [0.2, 0.25) is 5.02 Å². The third-order valence-corrected chi connectivity index (χ3v) is 4.50. The number of carbonyl (C=O) groups is 1. The van der Waals surface area contributed by atoms with Crippen molar-refractivity contribution in [3.8, 4) is 5.75 Å². The summed E-state index contributed by atoms with van der Waals surface area (Å²) >= 11 is 7.14. The van der Waals surface area contributed by atoms with E-state index in [0.717, 1.165) is 28.3 Å². The number of fused-ring (bicyclic) bond motifs is 1. The van der Waals surface area contributed by atoms with Gasteiger partial charge in [-0.3, -0.25) is 4.79 Å². The number of anilines is 1. The summed E-state index contributed by atoms with van der Waals surface area (Å²) < 4.78 is 32.5. The molecule has 0 saturated heterocycles. The number of halogens is 3. The summed E-state index contributed by atoms with van der Waals surface area (Å²) in [7, 11) is 1.45. The summed E-state index contributed by atoms with van der Waals surface area (Å²) in [6, 6.07) is 7.99. The van der Waals surface area contributed by atoms with Crippen LogP contribution in [0.4, 0.5) is 14.5 Å². The number of amides is 1. The molecule has 0 aliphatic heterocycles. The second-order valence-corrected chi connectivity index (χ2v) is 6.21. The molecule has 1 amide bonds. The van der Waals surface area contributed by atoms with Crippen LogP contribution in [-0.4, -0.2) is 13.0 Å². The van der Waals surface area contributed by atoms with Crippen LogP contribution in [-0.2, 0) is 0 Å². The van der Waals surface area contributed by atoms with Crippen molar-refractivity contribution in [2.75, 3.05) is 12.4 Å². The number of hydrogen-bond acceptors (Lipinski definition) is 3. The molecule has 2 aromatic carbocycles. The van der Waals surface area contributed by atoms with E-state index in [9.17, 15) is 13.6 Å². The van der Waals surface area contributed by atoms with Crippen molar-refractivity contribution in [2.45, 2.75) is 0 Å². The van der Waals surface area contributed by atoms with Gasteiger partial charge in [-0.15, -0.1) is 11.3 Å². The van der Waals surface area contributed by atoms with Crippen LogP contribution in [0.15, 0.2) is 36.4 Å². The molecule has 3 nitrogen and oxygen atoms in total. The van der Waals surface area contributed by atoms with Gasteiger partial charge >= 0.3 is 0 Å². The molecule has 0 fully saturated rings. The number of ether oxygens (including phenoxy) is 1. The van der Waals surface area contributed by atoms with Crippen LogP contribution in [0.3, 0.4) is 0 Å². The first kappa shape index (κ1) is 15.7. The lowest BCUT2D eigenvalue weighted by Crippen LogP contribution is -2.11. The van der Waals surface area contributed by atoms with Crippen molar-refractivity contribution in [3.05, 3.63) is 57.9 Å². The van der Waals surface area contributed by atoms with Crippen LogP contribution in [0.25, 0.3) is 10.1 Å². The van der Waals surface area contributed by atoms with E-state index in [1.807, 2.05) is 0 Å². The highest BCUT2D eigenvalue weighted by Gasteiger charge is 2.20. The molecule has 0 aliphatic carbocycles. The van der Waals surface area contributed by atoms with E-state index in [1.54, 1.807) is 18.2 Å². The standard InChI is InChI=1S/C16H10ClF2NO2S/c1-22-14-12-3-2-8(17)4-13(12)23-15(14)16(21)20-11-6-9(18)5-10(19)7-11/h2-7H,1H3,(H,20,21). The van der Waals surface area contributed by atoms with Crippen molar-refractivity contribution >= 4 is 44.6 Å². The minimum Gasteiger partial charge on any atom is -0.494 e. The molecule has 118 valence electrons. The van der Waals surface area contributed by atoms with Gasteiger partial charge in [-0.2, -0.15) is 0 Å². The highest BCUT2D eigenvalue weighted by atomic mass is 35.5. The van der Waals surface area contributed by atoms with Gasteiger partial charge in [-0.25, -0.2) is 8.78 Å². The molecule has 0 unspecified atom stereocenters. The van der Waals surface area contributed by atoms with Gasteiger partial charge in [-0.05, 0) is 30.3 Å². The Hall–Kier alpha value is -2.18. The molecule has 0 bridgehead atoms. The van der Waals surface area contributed by atoms with Gasteiger partial charge in [-0.1, -0.05) is 11.6 Å². The van der Waals surface area contributed by atoms with Gasteiger partial charge in [0, 0.05) is 26.9 Å². The average Bonchev–Trinajstić information content (AvgIpc) is 2.83. The highest BCUT2D eigenvalue weighted by Crippen LogP contribution is 2.39. The van der Waals surface area contributed by atoms with Crippen molar-refractivity contribution < 1.29 is 18.3 Å². The number of benzene rings is 2. The summed E-state index contributed by atoms with van der Waals surface area (Å²) in [6.07, 6.45) is 0. The first-order valence-electron chi connectivity index (χ1n) is 6.51. The third-order valence-electron chi connectivity index (χ3n) is 3.14. The number of thiophene rings is 1. The van der Waals surface area contributed by atoms with Crippen LogP contribution < -0.4 is 10.1 Å². The lowest BCUT2D eigenvalue weighted by molar-refractivity contribution is 0.102. The van der Waals surface area contributed by atoms with Crippen molar-refractivity contribution in [3.63, 3.8) is 0 Å². The van der Waals surface area contributed by atoms with Crippen LogP contribution in [0, 0.1) is 11.6 Å². The Morgan fingerprint density at radius 3 is 2.52 bits per heavy atom. The topological polar surface area (TPSA) is 38.3 Å². The molecule has 1 aromatic heterocycles. The minimum atomic E-state index is -0.768. The van der Waals surface area contributed by atoms with Crippen molar-refractivity contribution in [1.29, 1.82) is 0 Å². The van der Waals surface area contributed by atoms with Crippen LogP contribution >= 0.6 is 22.9 Å². The molecule has 1 N–H and O–H groups in total. The molecule has 0 saturated carbocycles. The molecular formula is C16H10ClF2NO2S. The fourth-order valence-corrected chi connectivity index (χ4v) is 3.56. The summed E-state index contributed by atoms with van der Waals surface area (Å²) in [4.78, 5) is 12.7. The van der Waals surface area contributed by atoms with Gasteiger partial charge in [0.2, 0.25) is 0 Å². The zero-order valence-electron chi connectivity index (χ0n) is 11.8. The van der Waals surface area contributed by atoms with Crippen molar-refractivity contribution in [1.82, 2.24) is 0 Å². The van der Waals surface area contributed by atoms with Gasteiger partial charge in [0.15, 0.2) is 0 Å². The van der Waals surface area contributed by atoms with E-state index in [2.05, 4.69) is 5.32 Å². The Kier molecular flexibility index (Phi) is 4.19. The van der Waals surface area contributed by atoms with E-state index in [4.69, 9.17) is 16.3 Å². The molecule has 3 rings (SSSR count). The summed E-state index contributed by atoms with van der Waals surface area (Å²) in [5, 5.41) is 3.76. The zero-order valence-corrected chi connectivity index (χ0v) is 13.4. The van der Waals surface area contributed by atoms with E-state index >= 15 is 0 Å². The Balaban J connectivity index is 2.00. The number of nitrogens with one attached hydrogen (secondary N) is 1. The smallest absolute Gasteiger partial charge is 0.269 e. The van der Waals surface area contributed by atoms with E-state index in [0.29, 0.717) is 15.6 Å². The summed E-state index contributed by atoms with van der Waals surface area (Å²) in [5.41, 5.74) is 0.0324. The van der Waals surface area contributed by atoms with E-state index in [-0.39, 0.29) is 5.69 Å². The third kappa shape index (κ3) is 3.13. The van der Waals surface area contributed by atoms with Gasteiger partial charge in [0.05, 0.1) is 7.11 Å². The van der Waals surface area contributed by atoms with Crippen LogP contribution in [0.5, 0.6) is 5.75 Å². The largest absolute Gasteiger partial charge is 0.494 e. The predicted octanol–water partition coefficient (Wildman–Crippen LogP) is 5.09. The maximum absolute atomic E-state index is 13.2. The maximum atomic E-state index is 13.2. The maximum Gasteiger partial charge on any atom is 0.269 e. The van der Waals surface area contributed by atoms with E-state index < -0.39 is 17.5 Å². The fourth-order valence-electron chi connectivity index (χ4n) is 2.21. The first-order valence-corrected chi connectivity index (χ1v) is 7.71. The SMILES string of the molecule is COc1c(C(=O)Nc2cc(F)cc(F)c2)sc2cc(Cl)ccc12. The molecule has 0 spiro atoms. The fraction of sp³-hybridized carbons (Fsp3) is 0.0625. The molecule has 23 heavy (non-hydrogen) atoms. The predicted molar refractivity (Wildman–Crippen MR) is 87.7 cm³/mol. The zero-order chi connectivity index (χ0) is 16.6. The Morgan fingerprint density at radius 1 is 1.17 bits per heavy atom. The number of hydrogen-bond donors (Lipinski definition) is 1. The molecule has 0 aliphatic rings. The lowest BCUT2D eigenvalue weighted by atomic mass is 10.2. The van der Waals surface area contributed by atoms with Gasteiger partial charge in [0.1, 0.15) is 22.3 Å². The Morgan fingerprint density at radius 2 is 1.87 bits per heavy atom. The molecule has 1 heterocycles. The average molecular weight is 354 g/mol. The summed E-state index contributed by atoms with van der Waals surface area (Å²) in [6.45, 7) is 0. The second kappa shape index (κ2) is 6.14. The lowest BCUT2D eigenvalue weighted by Gasteiger charge is -2.06. The number of rotatable bonds is 3. The molecule has 0 radical (unpaired) electrons. The first-order chi connectivity index (χ1) is 11.0. The van der Waals surface area contributed by atoms with Crippen molar-refractivity contribution in [2.24, 2.45) is 0 Å². The quantitative estimate of drug-likeness (QED) is 0.712. The highest BCUT2D eigenvalue weighted by molar-refractivity contribution is 7.21. The summed E-state index contributed by atoms with van der Waals surface area (Å²) in [5.74, 6) is -1.65. The minimum absolute atomic E-state index is 0.0324. The second-order valence-electron chi connectivity index (χ2n) is 4.72.